The number of hydrogen-bond donors (Lipinski definition) is 1. The monoisotopic (exact) mass is 411 g/mol. The number of rotatable bonds is 8. The summed E-state index contributed by atoms with van der Waals surface area (Å²) in [7, 11) is 4.43. The fourth-order valence-corrected chi connectivity index (χ4v) is 2.74. The average Bonchev–Trinajstić information content (AvgIpc) is 3.31. The maximum atomic E-state index is 12.2. The van der Waals surface area contributed by atoms with E-state index in [0.29, 0.717) is 28.5 Å². The molecule has 0 saturated heterocycles. The van der Waals surface area contributed by atoms with E-state index in [0.717, 1.165) is 5.69 Å². The van der Waals surface area contributed by atoms with Crippen molar-refractivity contribution in [1.82, 2.24) is 9.78 Å². The van der Waals surface area contributed by atoms with Gasteiger partial charge in [0, 0.05) is 30.2 Å². The van der Waals surface area contributed by atoms with E-state index >= 15 is 0 Å². The third-order valence-electron chi connectivity index (χ3n) is 4.15. The molecule has 0 aliphatic rings. The minimum Gasteiger partial charge on any atom is -0.493 e. The number of carbonyl (C=O) groups excluding carboxylic acids is 2. The van der Waals surface area contributed by atoms with Crippen molar-refractivity contribution in [3.8, 4) is 22.9 Å². The van der Waals surface area contributed by atoms with Crippen molar-refractivity contribution in [2.24, 2.45) is 0 Å². The van der Waals surface area contributed by atoms with Crippen LogP contribution in [0.5, 0.6) is 17.2 Å². The molecule has 0 aliphatic heterocycles. The molecule has 0 radical (unpaired) electrons. The van der Waals surface area contributed by atoms with Crippen LogP contribution in [0, 0.1) is 0 Å². The Morgan fingerprint density at radius 3 is 2.20 bits per heavy atom. The maximum absolute atomic E-state index is 12.2. The summed E-state index contributed by atoms with van der Waals surface area (Å²) in [6.45, 7) is -0.448. The molecule has 9 heteroatoms. The van der Waals surface area contributed by atoms with Crippen molar-refractivity contribution < 1.29 is 28.5 Å². The molecule has 0 bridgehead atoms. The number of nitrogens with one attached hydrogen (secondary N) is 1. The minimum atomic E-state index is -0.609. The van der Waals surface area contributed by atoms with Gasteiger partial charge in [-0.1, -0.05) is 0 Å². The van der Waals surface area contributed by atoms with Crippen LogP contribution in [0.25, 0.3) is 5.69 Å². The molecule has 9 nitrogen and oxygen atoms in total. The Balaban J connectivity index is 1.60. The standard InChI is InChI=1S/C21H21N3O6/c1-27-17-11-15(12-18(28-2)20(17)29-3)23-19(25)13-30-21(26)14-5-7-16(8-6-14)24-10-4-9-22-24/h4-12H,13H2,1-3H3,(H,23,25). The molecule has 0 fully saturated rings. The van der Waals surface area contributed by atoms with Crippen LogP contribution < -0.4 is 19.5 Å². The van der Waals surface area contributed by atoms with Crippen molar-refractivity contribution in [2.75, 3.05) is 33.3 Å². The molecule has 0 atom stereocenters. The number of carbonyl (C=O) groups is 2. The van der Waals surface area contributed by atoms with Crippen molar-refractivity contribution >= 4 is 17.6 Å². The summed E-state index contributed by atoms with van der Waals surface area (Å²) in [5.41, 5.74) is 1.54. The molecule has 30 heavy (non-hydrogen) atoms. The number of ether oxygens (including phenoxy) is 4. The number of hydrogen-bond acceptors (Lipinski definition) is 7. The average molecular weight is 411 g/mol. The minimum absolute atomic E-state index is 0.325. The SMILES string of the molecule is COc1cc(NC(=O)COC(=O)c2ccc(-n3cccn3)cc2)cc(OC)c1OC. The van der Waals surface area contributed by atoms with Crippen LogP contribution in [0.15, 0.2) is 54.9 Å². The summed E-state index contributed by atoms with van der Waals surface area (Å²) in [6.07, 6.45) is 3.45. The molecule has 1 aromatic heterocycles. The second kappa shape index (κ2) is 9.46. The smallest absolute Gasteiger partial charge is 0.338 e. The lowest BCUT2D eigenvalue weighted by atomic mass is 10.2. The highest BCUT2D eigenvalue weighted by Gasteiger charge is 2.16. The molecule has 3 rings (SSSR count). The van der Waals surface area contributed by atoms with Gasteiger partial charge in [0.2, 0.25) is 5.75 Å². The molecule has 0 spiro atoms. The van der Waals surface area contributed by atoms with Crippen LogP contribution in [0.3, 0.4) is 0 Å². The predicted octanol–water partition coefficient (Wildman–Crippen LogP) is 2.69. The number of benzene rings is 2. The van der Waals surface area contributed by atoms with Gasteiger partial charge in [-0.15, -0.1) is 0 Å². The fraction of sp³-hybridized carbons (Fsp3) is 0.190. The van der Waals surface area contributed by atoms with E-state index in [1.165, 1.54) is 21.3 Å². The third kappa shape index (κ3) is 4.69. The first-order chi connectivity index (χ1) is 14.5. The lowest BCUT2D eigenvalue weighted by Crippen LogP contribution is -2.21. The van der Waals surface area contributed by atoms with E-state index in [9.17, 15) is 9.59 Å². The number of aromatic nitrogens is 2. The zero-order valence-corrected chi connectivity index (χ0v) is 16.7. The van der Waals surface area contributed by atoms with Crippen LogP contribution in [0.1, 0.15) is 10.4 Å². The second-order valence-corrected chi connectivity index (χ2v) is 6.04. The number of esters is 1. The lowest BCUT2D eigenvalue weighted by molar-refractivity contribution is -0.119. The van der Waals surface area contributed by atoms with E-state index in [1.807, 2.05) is 0 Å². The molecule has 2 aromatic carbocycles. The Bertz CT molecular complexity index is 991. The van der Waals surface area contributed by atoms with E-state index < -0.39 is 18.5 Å². The first-order valence-corrected chi connectivity index (χ1v) is 8.92. The molecule has 0 unspecified atom stereocenters. The van der Waals surface area contributed by atoms with Crippen LogP contribution >= 0.6 is 0 Å². The van der Waals surface area contributed by atoms with Gasteiger partial charge < -0.3 is 24.3 Å². The summed E-state index contributed by atoms with van der Waals surface area (Å²) in [4.78, 5) is 24.4. The lowest BCUT2D eigenvalue weighted by Gasteiger charge is -2.14. The van der Waals surface area contributed by atoms with Crippen molar-refractivity contribution in [3.05, 3.63) is 60.4 Å². The van der Waals surface area contributed by atoms with E-state index in [4.69, 9.17) is 18.9 Å². The van der Waals surface area contributed by atoms with Crippen LogP contribution in [-0.4, -0.2) is 49.6 Å². The maximum Gasteiger partial charge on any atom is 0.338 e. The van der Waals surface area contributed by atoms with Crippen LogP contribution in [-0.2, 0) is 9.53 Å². The number of methoxy groups -OCH3 is 3. The second-order valence-electron chi connectivity index (χ2n) is 6.04. The number of anilines is 1. The Hall–Kier alpha value is -4.01. The zero-order valence-electron chi connectivity index (χ0n) is 16.7. The first kappa shape index (κ1) is 20.7. The molecule has 1 amide bonds. The predicted molar refractivity (Wildman–Crippen MR) is 109 cm³/mol. The summed E-state index contributed by atoms with van der Waals surface area (Å²) in [5, 5.41) is 6.75. The van der Waals surface area contributed by atoms with Gasteiger partial charge in [-0.25, -0.2) is 9.48 Å². The van der Waals surface area contributed by atoms with Gasteiger partial charge in [0.05, 0.1) is 32.6 Å². The van der Waals surface area contributed by atoms with Crippen molar-refractivity contribution in [3.63, 3.8) is 0 Å². The van der Waals surface area contributed by atoms with Crippen LogP contribution in [0.4, 0.5) is 5.69 Å². The molecule has 1 N–H and O–H groups in total. The van der Waals surface area contributed by atoms with E-state index in [-0.39, 0.29) is 0 Å². The van der Waals surface area contributed by atoms with Crippen molar-refractivity contribution in [2.45, 2.75) is 0 Å². The van der Waals surface area contributed by atoms with Gasteiger partial charge in [-0.05, 0) is 30.3 Å². The normalized spacial score (nSPS) is 10.2. The molecular formula is C21H21N3O6. The molecular weight excluding hydrogens is 390 g/mol. The van der Waals surface area contributed by atoms with Gasteiger partial charge in [0.1, 0.15) is 0 Å². The Morgan fingerprint density at radius 2 is 1.67 bits per heavy atom. The Morgan fingerprint density at radius 1 is 1.00 bits per heavy atom. The molecule has 156 valence electrons. The van der Waals surface area contributed by atoms with E-state index in [2.05, 4.69) is 10.4 Å². The Kier molecular flexibility index (Phi) is 6.53. The zero-order chi connectivity index (χ0) is 21.5. The first-order valence-electron chi connectivity index (χ1n) is 8.92. The van der Waals surface area contributed by atoms with Gasteiger partial charge in [0.15, 0.2) is 18.1 Å². The molecule has 0 aliphatic carbocycles. The Labute approximate surface area is 173 Å². The summed E-state index contributed by atoms with van der Waals surface area (Å²) < 4.78 is 22.5. The molecule has 1 heterocycles. The highest BCUT2D eigenvalue weighted by Crippen LogP contribution is 2.39. The van der Waals surface area contributed by atoms with Gasteiger partial charge in [0.25, 0.3) is 5.91 Å². The highest BCUT2D eigenvalue weighted by atomic mass is 16.5. The topological polar surface area (TPSA) is 101 Å². The largest absolute Gasteiger partial charge is 0.493 e. The summed E-state index contributed by atoms with van der Waals surface area (Å²) in [6, 6.07) is 11.6. The van der Waals surface area contributed by atoms with E-state index in [1.54, 1.807) is 59.5 Å². The third-order valence-corrected chi connectivity index (χ3v) is 4.15. The molecule has 3 aromatic rings. The van der Waals surface area contributed by atoms with Crippen LogP contribution in [0.2, 0.25) is 0 Å². The summed E-state index contributed by atoms with van der Waals surface area (Å²) >= 11 is 0. The molecule has 0 saturated carbocycles. The fourth-order valence-electron chi connectivity index (χ4n) is 2.74. The van der Waals surface area contributed by atoms with Gasteiger partial charge >= 0.3 is 5.97 Å². The number of amides is 1. The highest BCUT2D eigenvalue weighted by molar-refractivity contribution is 5.96. The quantitative estimate of drug-likeness (QED) is 0.569. The summed E-state index contributed by atoms with van der Waals surface area (Å²) in [5.74, 6) is 0.0682. The van der Waals surface area contributed by atoms with Gasteiger partial charge in [-0.2, -0.15) is 5.10 Å². The number of nitrogens with zero attached hydrogens (tertiary/aromatic N) is 2. The van der Waals surface area contributed by atoms with Gasteiger partial charge in [-0.3, -0.25) is 4.79 Å². The van der Waals surface area contributed by atoms with Crippen molar-refractivity contribution in [1.29, 1.82) is 0 Å².